The minimum Gasteiger partial charge on any atom is -0.340 e. The lowest BCUT2D eigenvalue weighted by Gasteiger charge is -2.09. The second kappa shape index (κ2) is 6.93. The third-order valence-electron chi connectivity index (χ3n) is 3.81. The van der Waals surface area contributed by atoms with E-state index < -0.39 is 0 Å². The third kappa shape index (κ3) is 3.11. The molecule has 4 rings (SSSR count). The number of hydrogen-bond donors (Lipinski definition) is 1. The van der Waals surface area contributed by atoms with Gasteiger partial charge in [0.2, 0.25) is 0 Å². The molecule has 4 aromatic rings. The number of fused-ring (bicyclic) bond motifs is 1. The summed E-state index contributed by atoms with van der Waals surface area (Å²) < 4.78 is 0. The molecule has 0 unspecified atom stereocenters. The first-order valence-corrected chi connectivity index (χ1v) is 9.19. The van der Waals surface area contributed by atoms with Gasteiger partial charge in [0.1, 0.15) is 27.9 Å². The summed E-state index contributed by atoms with van der Waals surface area (Å²) >= 11 is 13.4. The van der Waals surface area contributed by atoms with Gasteiger partial charge in [-0.15, -0.1) is 11.3 Å². The fourth-order valence-electron chi connectivity index (χ4n) is 2.70. The van der Waals surface area contributed by atoms with Crippen LogP contribution in [0.4, 0.5) is 11.5 Å². The zero-order valence-corrected chi connectivity index (χ0v) is 15.5. The monoisotopic (exact) mass is 396 g/mol. The van der Waals surface area contributed by atoms with Crippen LogP contribution in [0.2, 0.25) is 10.0 Å². The van der Waals surface area contributed by atoms with Crippen LogP contribution < -0.4 is 5.32 Å². The van der Waals surface area contributed by atoms with E-state index in [1.165, 1.54) is 17.7 Å². The Labute approximate surface area is 163 Å². The van der Waals surface area contributed by atoms with Crippen molar-refractivity contribution in [3.8, 4) is 17.2 Å². The summed E-state index contributed by atoms with van der Waals surface area (Å²) in [6, 6.07) is 17.0. The number of aromatic nitrogens is 2. The summed E-state index contributed by atoms with van der Waals surface area (Å²) in [6.07, 6.45) is 1.48. The number of nitriles is 1. The number of thiophene rings is 1. The summed E-state index contributed by atoms with van der Waals surface area (Å²) in [5, 5.41) is 15.0. The Morgan fingerprint density at radius 3 is 2.54 bits per heavy atom. The van der Waals surface area contributed by atoms with Gasteiger partial charge in [-0.1, -0.05) is 41.4 Å². The highest BCUT2D eigenvalue weighted by atomic mass is 35.5. The lowest BCUT2D eigenvalue weighted by Crippen LogP contribution is -1.95. The van der Waals surface area contributed by atoms with Crippen LogP contribution in [-0.4, -0.2) is 9.97 Å². The van der Waals surface area contributed by atoms with Crippen molar-refractivity contribution in [2.45, 2.75) is 0 Å². The van der Waals surface area contributed by atoms with Crippen molar-refractivity contribution < 1.29 is 0 Å². The molecule has 0 bridgehead atoms. The SMILES string of the molecule is N#Cc1sc2ncnc(Nc3cccc(Cl)c3)c2c1-c1ccc(Cl)cc1. The van der Waals surface area contributed by atoms with E-state index in [1.807, 2.05) is 30.3 Å². The summed E-state index contributed by atoms with van der Waals surface area (Å²) in [4.78, 5) is 10.0. The van der Waals surface area contributed by atoms with Crippen LogP contribution in [-0.2, 0) is 0 Å². The van der Waals surface area contributed by atoms with E-state index in [-0.39, 0.29) is 0 Å². The van der Waals surface area contributed by atoms with Crippen molar-refractivity contribution in [3.05, 3.63) is 69.8 Å². The van der Waals surface area contributed by atoms with Gasteiger partial charge in [0.05, 0.1) is 5.39 Å². The molecule has 0 saturated heterocycles. The van der Waals surface area contributed by atoms with Crippen LogP contribution in [0.5, 0.6) is 0 Å². The summed E-state index contributed by atoms with van der Waals surface area (Å²) in [5.41, 5.74) is 2.50. The predicted molar refractivity (Wildman–Crippen MR) is 107 cm³/mol. The van der Waals surface area contributed by atoms with Crippen LogP contribution in [0.1, 0.15) is 4.88 Å². The molecule has 0 spiro atoms. The fraction of sp³-hybridized carbons (Fsp3) is 0. The molecular formula is C19H10Cl2N4S. The summed E-state index contributed by atoms with van der Waals surface area (Å²) in [5.74, 6) is 0.625. The quantitative estimate of drug-likeness (QED) is 0.442. The second-order valence-electron chi connectivity index (χ2n) is 5.46. The van der Waals surface area contributed by atoms with Gasteiger partial charge in [-0.25, -0.2) is 9.97 Å². The lowest BCUT2D eigenvalue weighted by molar-refractivity contribution is 1.23. The van der Waals surface area contributed by atoms with E-state index in [4.69, 9.17) is 23.2 Å². The average molecular weight is 397 g/mol. The Bertz CT molecular complexity index is 1150. The number of nitrogens with zero attached hydrogens (tertiary/aromatic N) is 3. The molecule has 2 aromatic heterocycles. The highest BCUT2D eigenvalue weighted by molar-refractivity contribution is 7.19. The van der Waals surface area contributed by atoms with Crippen LogP contribution in [0, 0.1) is 11.3 Å². The Kier molecular flexibility index (Phi) is 4.48. The zero-order chi connectivity index (χ0) is 18.1. The van der Waals surface area contributed by atoms with Gasteiger partial charge >= 0.3 is 0 Å². The molecule has 0 radical (unpaired) electrons. The van der Waals surface area contributed by atoms with Gasteiger partial charge in [0, 0.05) is 21.3 Å². The molecule has 0 amide bonds. The Morgan fingerprint density at radius 2 is 1.81 bits per heavy atom. The minimum atomic E-state index is 0.581. The van der Waals surface area contributed by atoms with E-state index in [1.54, 1.807) is 18.2 Å². The topological polar surface area (TPSA) is 61.6 Å². The van der Waals surface area contributed by atoms with Gasteiger partial charge < -0.3 is 5.32 Å². The minimum absolute atomic E-state index is 0.581. The number of rotatable bonds is 3. The van der Waals surface area contributed by atoms with Gasteiger partial charge in [-0.3, -0.25) is 0 Å². The molecule has 7 heteroatoms. The highest BCUT2D eigenvalue weighted by Crippen LogP contribution is 2.41. The first kappa shape index (κ1) is 16.8. The van der Waals surface area contributed by atoms with Gasteiger partial charge in [-0.2, -0.15) is 5.26 Å². The molecule has 0 fully saturated rings. The van der Waals surface area contributed by atoms with E-state index >= 15 is 0 Å². The molecule has 4 nitrogen and oxygen atoms in total. The molecule has 0 aliphatic rings. The molecule has 0 aliphatic carbocycles. The van der Waals surface area contributed by atoms with Crippen molar-refractivity contribution in [1.29, 1.82) is 5.26 Å². The lowest BCUT2D eigenvalue weighted by atomic mass is 10.0. The average Bonchev–Trinajstić information content (AvgIpc) is 3.02. The number of nitrogens with one attached hydrogen (secondary N) is 1. The molecule has 126 valence electrons. The Hall–Kier alpha value is -2.65. The standard InChI is InChI=1S/C19H10Cl2N4S/c20-12-6-4-11(5-7-12)16-15(9-22)26-19-17(16)18(23-10-24-19)25-14-3-1-2-13(21)8-14/h1-8,10H,(H,23,24,25). The molecule has 0 saturated carbocycles. The van der Waals surface area contributed by atoms with Crippen LogP contribution >= 0.6 is 34.5 Å². The maximum atomic E-state index is 9.60. The number of benzene rings is 2. The van der Waals surface area contributed by atoms with E-state index in [2.05, 4.69) is 21.4 Å². The first-order chi connectivity index (χ1) is 12.7. The van der Waals surface area contributed by atoms with Crippen LogP contribution in [0.15, 0.2) is 54.9 Å². The summed E-state index contributed by atoms with van der Waals surface area (Å²) in [6.45, 7) is 0. The number of anilines is 2. The van der Waals surface area contributed by atoms with E-state index in [9.17, 15) is 5.26 Å². The van der Waals surface area contributed by atoms with E-state index in [0.717, 1.165) is 27.0 Å². The van der Waals surface area contributed by atoms with Gasteiger partial charge in [0.25, 0.3) is 0 Å². The van der Waals surface area contributed by atoms with Crippen molar-refractivity contribution in [2.24, 2.45) is 0 Å². The molecule has 1 N–H and O–H groups in total. The Balaban J connectivity index is 1.93. The smallest absolute Gasteiger partial charge is 0.143 e. The molecule has 2 aromatic carbocycles. The maximum Gasteiger partial charge on any atom is 0.143 e. The molecule has 0 atom stereocenters. The van der Waals surface area contributed by atoms with Crippen molar-refractivity contribution in [2.75, 3.05) is 5.32 Å². The van der Waals surface area contributed by atoms with Gasteiger partial charge in [0.15, 0.2) is 0 Å². The van der Waals surface area contributed by atoms with Gasteiger partial charge in [-0.05, 0) is 35.9 Å². The number of halogens is 2. The zero-order valence-electron chi connectivity index (χ0n) is 13.2. The molecule has 26 heavy (non-hydrogen) atoms. The largest absolute Gasteiger partial charge is 0.340 e. The van der Waals surface area contributed by atoms with E-state index in [0.29, 0.717) is 20.7 Å². The maximum absolute atomic E-state index is 9.60. The third-order valence-corrected chi connectivity index (χ3v) is 5.30. The normalized spacial score (nSPS) is 10.7. The first-order valence-electron chi connectivity index (χ1n) is 7.62. The second-order valence-corrected chi connectivity index (χ2v) is 7.33. The van der Waals surface area contributed by atoms with Crippen LogP contribution in [0.25, 0.3) is 21.3 Å². The molecule has 0 aliphatic heterocycles. The van der Waals surface area contributed by atoms with Crippen molar-refractivity contribution in [1.82, 2.24) is 9.97 Å². The fourth-order valence-corrected chi connectivity index (χ4v) is 3.98. The van der Waals surface area contributed by atoms with Crippen molar-refractivity contribution >= 4 is 56.3 Å². The molecule has 2 heterocycles. The highest BCUT2D eigenvalue weighted by Gasteiger charge is 2.19. The van der Waals surface area contributed by atoms with Crippen molar-refractivity contribution in [3.63, 3.8) is 0 Å². The molecular weight excluding hydrogens is 387 g/mol. The predicted octanol–water partition coefficient (Wildman–Crippen LogP) is 6.28. The number of hydrogen-bond acceptors (Lipinski definition) is 5. The Morgan fingerprint density at radius 1 is 1.00 bits per heavy atom. The summed E-state index contributed by atoms with van der Waals surface area (Å²) in [7, 11) is 0. The van der Waals surface area contributed by atoms with Crippen LogP contribution in [0.3, 0.4) is 0 Å².